The van der Waals surface area contributed by atoms with Crippen LogP contribution in [0.2, 0.25) is 0 Å². The highest BCUT2D eigenvalue weighted by molar-refractivity contribution is 9.10. The summed E-state index contributed by atoms with van der Waals surface area (Å²) in [4.78, 5) is 25.5. The van der Waals surface area contributed by atoms with Crippen molar-refractivity contribution in [1.29, 1.82) is 0 Å². The second-order valence-corrected chi connectivity index (χ2v) is 11.2. The van der Waals surface area contributed by atoms with Crippen molar-refractivity contribution < 1.29 is 19.1 Å². The lowest BCUT2D eigenvalue weighted by Crippen LogP contribution is -2.43. The third kappa shape index (κ3) is 6.34. The standard InChI is InChI=1S/C29H29BrN4O4S/c1-37-16-19-7-5-6-18(14-19)15-24(27(36)38-2)31-26(35)17-39-29-33-32-28(30)34(29)25-13-12-21(20-10-11-20)22-8-3-4-9-23(22)25/h3-9,12-14,20,24H,10-11,15-17H2,1-2H3,(H,31,35)/p+1. The molecule has 2 N–H and O–H groups in total. The van der Waals surface area contributed by atoms with Crippen molar-refractivity contribution in [2.45, 2.75) is 43.0 Å². The normalized spacial score (nSPS) is 13.8. The van der Waals surface area contributed by atoms with Crippen LogP contribution in [-0.2, 0) is 27.4 Å². The highest BCUT2D eigenvalue weighted by Gasteiger charge is 2.27. The van der Waals surface area contributed by atoms with Gasteiger partial charge in [-0.25, -0.2) is 4.79 Å². The van der Waals surface area contributed by atoms with Gasteiger partial charge in [0.15, 0.2) is 11.8 Å². The molecule has 1 unspecified atom stereocenters. The Morgan fingerprint density at radius 3 is 2.62 bits per heavy atom. The van der Waals surface area contributed by atoms with Crippen LogP contribution in [-0.4, -0.2) is 57.4 Å². The van der Waals surface area contributed by atoms with Crippen LogP contribution in [0.3, 0.4) is 0 Å². The molecule has 1 heterocycles. The highest BCUT2D eigenvalue weighted by Crippen LogP contribution is 2.44. The second-order valence-electron chi connectivity index (χ2n) is 9.51. The first kappa shape index (κ1) is 27.4. The Hall–Kier alpha value is -3.21. The Morgan fingerprint density at radius 1 is 1.10 bits per heavy atom. The monoisotopic (exact) mass is 609 g/mol. The van der Waals surface area contributed by atoms with Gasteiger partial charge in [-0.2, -0.15) is 0 Å². The predicted molar refractivity (Wildman–Crippen MR) is 155 cm³/mol. The van der Waals surface area contributed by atoms with E-state index >= 15 is 0 Å². The molecule has 1 aromatic heterocycles. The summed E-state index contributed by atoms with van der Waals surface area (Å²) in [5.74, 6) is -0.106. The molecule has 8 nitrogen and oxygen atoms in total. The number of esters is 1. The van der Waals surface area contributed by atoms with Gasteiger partial charge in [0, 0.05) is 17.4 Å². The molecule has 0 aliphatic heterocycles. The fourth-order valence-electron chi connectivity index (χ4n) is 4.77. The quantitative estimate of drug-likeness (QED) is 0.150. The Kier molecular flexibility index (Phi) is 8.64. The van der Waals surface area contributed by atoms with Gasteiger partial charge >= 0.3 is 5.97 Å². The molecular weight excluding hydrogens is 580 g/mol. The van der Waals surface area contributed by atoms with Gasteiger partial charge in [-0.15, -0.1) is 10.2 Å². The smallest absolute Gasteiger partial charge is 0.328 e. The van der Waals surface area contributed by atoms with Crippen LogP contribution >= 0.6 is 27.7 Å². The van der Waals surface area contributed by atoms with Crippen molar-refractivity contribution in [1.82, 2.24) is 20.1 Å². The molecule has 0 bridgehead atoms. The zero-order valence-corrected chi connectivity index (χ0v) is 24.2. The molecule has 1 aliphatic rings. The van der Waals surface area contributed by atoms with E-state index in [1.54, 1.807) is 7.11 Å². The van der Waals surface area contributed by atoms with E-state index in [1.165, 1.54) is 42.7 Å². The van der Waals surface area contributed by atoms with Gasteiger partial charge in [0.1, 0.15) is 13.2 Å². The second kappa shape index (κ2) is 12.3. The average Bonchev–Trinajstić information content (AvgIpc) is 3.73. The molecule has 0 saturated heterocycles. The predicted octanol–water partition coefficient (Wildman–Crippen LogP) is 4.71. The third-order valence-corrected chi connectivity index (χ3v) is 8.15. The fourth-order valence-corrected chi connectivity index (χ4v) is 6.09. The highest BCUT2D eigenvalue weighted by atomic mass is 79.9. The van der Waals surface area contributed by atoms with Gasteiger partial charge in [-0.3, -0.25) is 9.36 Å². The largest absolute Gasteiger partial charge is 0.467 e. The summed E-state index contributed by atoms with van der Waals surface area (Å²) >= 11 is 4.80. The Bertz CT molecular complexity index is 1500. The SMILES string of the molecule is COC(=O)C(Cc1cccc(C[OH+]C)c1)NC(=O)CSc1nnc(Br)n1-c1ccc(C2CC2)c2ccccc12. The molecule has 202 valence electrons. The van der Waals surface area contributed by atoms with Crippen molar-refractivity contribution in [2.75, 3.05) is 20.0 Å². The summed E-state index contributed by atoms with van der Waals surface area (Å²) in [5, 5.41) is 14.3. The van der Waals surface area contributed by atoms with Crippen LogP contribution in [0.4, 0.5) is 0 Å². The number of methoxy groups -OCH3 is 1. The first-order valence-electron chi connectivity index (χ1n) is 12.7. The van der Waals surface area contributed by atoms with Crippen molar-refractivity contribution in [3.8, 4) is 5.69 Å². The molecule has 1 aliphatic carbocycles. The molecule has 5 rings (SSSR count). The van der Waals surface area contributed by atoms with Crippen molar-refractivity contribution in [2.24, 2.45) is 0 Å². The molecule has 4 aromatic rings. The fraction of sp³-hybridized carbons (Fsp3) is 0.310. The summed E-state index contributed by atoms with van der Waals surface area (Å²) in [6.45, 7) is 0.592. The number of nitrogens with zero attached hydrogens (tertiary/aromatic N) is 3. The van der Waals surface area contributed by atoms with E-state index in [2.05, 4.69) is 66.5 Å². The molecule has 39 heavy (non-hydrogen) atoms. The Balaban J connectivity index is 1.32. The number of fused-ring (bicyclic) bond motifs is 1. The minimum atomic E-state index is -0.805. The summed E-state index contributed by atoms with van der Waals surface area (Å²) < 4.78 is 11.6. The van der Waals surface area contributed by atoms with Crippen molar-refractivity contribution in [3.05, 3.63) is 82.1 Å². The maximum Gasteiger partial charge on any atom is 0.328 e. The van der Waals surface area contributed by atoms with E-state index in [9.17, 15) is 9.59 Å². The van der Waals surface area contributed by atoms with E-state index in [-0.39, 0.29) is 11.7 Å². The number of halogens is 1. The van der Waals surface area contributed by atoms with Crippen LogP contribution in [0.15, 0.2) is 70.6 Å². The van der Waals surface area contributed by atoms with E-state index < -0.39 is 12.0 Å². The lowest BCUT2D eigenvalue weighted by atomic mass is 9.99. The van der Waals surface area contributed by atoms with E-state index in [1.807, 2.05) is 34.9 Å². The van der Waals surface area contributed by atoms with Gasteiger partial charge in [0.05, 0.1) is 18.6 Å². The lowest BCUT2D eigenvalue weighted by molar-refractivity contribution is -0.144. The molecule has 0 spiro atoms. The molecule has 1 atom stereocenters. The number of aromatic nitrogens is 3. The van der Waals surface area contributed by atoms with Gasteiger partial charge in [0.25, 0.3) is 0 Å². The number of benzene rings is 3. The molecular formula is C29H30BrN4O4S+. The summed E-state index contributed by atoms with van der Waals surface area (Å²) in [6.07, 6.45) is 2.77. The molecule has 0 radical (unpaired) electrons. The molecule has 1 saturated carbocycles. The lowest BCUT2D eigenvalue weighted by Gasteiger charge is -2.17. The molecule has 1 fully saturated rings. The van der Waals surface area contributed by atoms with Gasteiger partial charge < -0.3 is 14.8 Å². The van der Waals surface area contributed by atoms with E-state index in [0.717, 1.165) is 22.2 Å². The number of rotatable bonds is 11. The topological polar surface area (TPSA) is 98.9 Å². The first-order valence-corrected chi connectivity index (χ1v) is 14.5. The number of nitrogens with one attached hydrogen (secondary N) is 1. The average molecular weight is 611 g/mol. The number of hydrogen-bond acceptors (Lipinski definition) is 6. The zero-order valence-electron chi connectivity index (χ0n) is 21.8. The van der Waals surface area contributed by atoms with Crippen molar-refractivity contribution in [3.63, 3.8) is 0 Å². The number of ether oxygens (including phenoxy) is 2. The summed E-state index contributed by atoms with van der Waals surface area (Å²) in [6, 6.07) is 19.7. The van der Waals surface area contributed by atoms with Crippen molar-refractivity contribution >= 4 is 50.3 Å². The molecule has 1 amide bonds. The number of thioether (sulfide) groups is 1. The van der Waals surface area contributed by atoms with Gasteiger partial charge in [-0.05, 0) is 63.3 Å². The van der Waals surface area contributed by atoms with Crippen LogP contribution in [0.25, 0.3) is 16.5 Å². The number of hydrogen-bond donors (Lipinski definition) is 1. The minimum Gasteiger partial charge on any atom is -0.467 e. The summed E-state index contributed by atoms with van der Waals surface area (Å²) in [5.41, 5.74) is 4.28. The van der Waals surface area contributed by atoms with Gasteiger partial charge in [-0.1, -0.05) is 60.3 Å². The zero-order chi connectivity index (χ0) is 27.4. The molecule has 10 heteroatoms. The maximum atomic E-state index is 13.0. The Morgan fingerprint density at radius 2 is 1.87 bits per heavy atom. The summed E-state index contributed by atoms with van der Waals surface area (Å²) in [7, 11) is 3.08. The number of amides is 1. The maximum absolute atomic E-state index is 13.0. The number of aliphatic hydroxyl groups is 2. The van der Waals surface area contributed by atoms with E-state index in [4.69, 9.17) is 4.74 Å². The van der Waals surface area contributed by atoms with Crippen LogP contribution in [0.1, 0.15) is 35.4 Å². The van der Waals surface area contributed by atoms with Crippen LogP contribution in [0.5, 0.6) is 0 Å². The van der Waals surface area contributed by atoms with Crippen LogP contribution < -0.4 is 5.32 Å². The van der Waals surface area contributed by atoms with Gasteiger partial charge in [0.2, 0.25) is 10.6 Å². The first-order chi connectivity index (χ1) is 19.0. The Labute approximate surface area is 239 Å². The van der Waals surface area contributed by atoms with Crippen LogP contribution in [0, 0.1) is 0 Å². The number of carbonyl (C=O) groups is 2. The third-order valence-electron chi connectivity index (χ3n) is 6.71. The molecule has 3 aromatic carbocycles. The minimum absolute atomic E-state index is 0.0610. The number of carbonyl (C=O) groups excluding carboxylic acids is 2. The van der Waals surface area contributed by atoms with E-state index in [0.29, 0.717) is 28.8 Å².